The van der Waals surface area contributed by atoms with E-state index < -0.39 is 0 Å². The molecule has 0 radical (unpaired) electrons. The van der Waals surface area contributed by atoms with Crippen LogP contribution in [0.2, 0.25) is 0 Å². The standard InChI is InChI=1S/C12H17NO3/c1-3-16-12(15)7-9(2)6-10-4-5-11(14)13-8-10/h4-5,8-9H,3,6-7H2,1-2H3,(H,13,14). The van der Waals surface area contributed by atoms with Crippen molar-refractivity contribution >= 4 is 5.97 Å². The van der Waals surface area contributed by atoms with Crippen LogP contribution in [-0.4, -0.2) is 17.6 Å². The highest BCUT2D eigenvalue weighted by molar-refractivity contribution is 5.69. The van der Waals surface area contributed by atoms with E-state index in [4.69, 9.17) is 4.74 Å². The maximum absolute atomic E-state index is 11.2. The lowest BCUT2D eigenvalue weighted by Gasteiger charge is -2.10. The molecule has 0 aliphatic carbocycles. The molecule has 1 aromatic heterocycles. The van der Waals surface area contributed by atoms with Crippen molar-refractivity contribution in [1.29, 1.82) is 0 Å². The number of hydrogen-bond acceptors (Lipinski definition) is 3. The first-order valence-electron chi connectivity index (χ1n) is 5.45. The van der Waals surface area contributed by atoms with Crippen molar-refractivity contribution in [3.05, 3.63) is 34.2 Å². The Balaban J connectivity index is 2.45. The van der Waals surface area contributed by atoms with E-state index in [2.05, 4.69) is 4.98 Å². The first-order valence-corrected chi connectivity index (χ1v) is 5.45. The van der Waals surface area contributed by atoms with Crippen LogP contribution in [0.25, 0.3) is 0 Å². The second-order valence-electron chi connectivity index (χ2n) is 3.88. The summed E-state index contributed by atoms with van der Waals surface area (Å²) >= 11 is 0. The van der Waals surface area contributed by atoms with Crippen molar-refractivity contribution in [2.24, 2.45) is 5.92 Å². The van der Waals surface area contributed by atoms with Crippen molar-refractivity contribution in [3.63, 3.8) is 0 Å². The van der Waals surface area contributed by atoms with Crippen molar-refractivity contribution in [1.82, 2.24) is 4.98 Å². The lowest BCUT2D eigenvalue weighted by molar-refractivity contribution is -0.144. The monoisotopic (exact) mass is 223 g/mol. The topological polar surface area (TPSA) is 59.2 Å². The van der Waals surface area contributed by atoms with E-state index in [1.807, 2.05) is 6.92 Å². The molecule has 88 valence electrons. The second kappa shape index (κ2) is 6.10. The van der Waals surface area contributed by atoms with Gasteiger partial charge < -0.3 is 9.72 Å². The Bertz CT molecular complexity index is 377. The predicted octanol–water partition coefficient (Wildman–Crippen LogP) is 1.51. The zero-order valence-electron chi connectivity index (χ0n) is 9.66. The van der Waals surface area contributed by atoms with E-state index in [-0.39, 0.29) is 17.4 Å². The van der Waals surface area contributed by atoms with Crippen LogP contribution < -0.4 is 5.56 Å². The summed E-state index contributed by atoms with van der Waals surface area (Å²) in [6.07, 6.45) is 2.85. The number of rotatable bonds is 5. The number of aromatic amines is 1. The van der Waals surface area contributed by atoms with Gasteiger partial charge in [-0.3, -0.25) is 9.59 Å². The fraction of sp³-hybridized carbons (Fsp3) is 0.500. The molecule has 0 amide bonds. The Morgan fingerprint density at radius 3 is 2.81 bits per heavy atom. The van der Waals surface area contributed by atoms with E-state index in [0.29, 0.717) is 13.0 Å². The van der Waals surface area contributed by atoms with Gasteiger partial charge in [-0.1, -0.05) is 13.0 Å². The van der Waals surface area contributed by atoms with Gasteiger partial charge in [-0.2, -0.15) is 0 Å². The zero-order chi connectivity index (χ0) is 12.0. The Morgan fingerprint density at radius 1 is 1.50 bits per heavy atom. The molecule has 0 spiro atoms. The third kappa shape index (κ3) is 4.29. The van der Waals surface area contributed by atoms with Crippen LogP contribution in [0.4, 0.5) is 0 Å². The SMILES string of the molecule is CCOC(=O)CC(C)Cc1ccc(=O)[nH]c1. The van der Waals surface area contributed by atoms with E-state index in [9.17, 15) is 9.59 Å². The van der Waals surface area contributed by atoms with Crippen LogP contribution in [0.1, 0.15) is 25.8 Å². The summed E-state index contributed by atoms with van der Waals surface area (Å²) in [6, 6.07) is 3.27. The molecular formula is C12H17NO3. The van der Waals surface area contributed by atoms with Crippen LogP contribution in [-0.2, 0) is 16.0 Å². The molecule has 0 bridgehead atoms. The first-order chi connectivity index (χ1) is 7.61. The third-order valence-electron chi connectivity index (χ3n) is 2.25. The average Bonchev–Trinajstić information content (AvgIpc) is 2.21. The highest BCUT2D eigenvalue weighted by Crippen LogP contribution is 2.10. The van der Waals surface area contributed by atoms with Gasteiger partial charge in [0, 0.05) is 18.7 Å². The number of ether oxygens (including phenoxy) is 1. The Hall–Kier alpha value is -1.58. The van der Waals surface area contributed by atoms with Crippen LogP contribution >= 0.6 is 0 Å². The fourth-order valence-electron chi connectivity index (χ4n) is 1.55. The Morgan fingerprint density at radius 2 is 2.25 bits per heavy atom. The van der Waals surface area contributed by atoms with Gasteiger partial charge in [-0.25, -0.2) is 0 Å². The van der Waals surface area contributed by atoms with Crippen LogP contribution in [0.3, 0.4) is 0 Å². The van der Waals surface area contributed by atoms with Crippen molar-refractivity contribution < 1.29 is 9.53 Å². The molecule has 1 N–H and O–H groups in total. The second-order valence-corrected chi connectivity index (χ2v) is 3.88. The number of carbonyl (C=O) groups is 1. The van der Waals surface area contributed by atoms with Crippen molar-refractivity contribution in [2.45, 2.75) is 26.7 Å². The number of nitrogens with one attached hydrogen (secondary N) is 1. The highest BCUT2D eigenvalue weighted by Gasteiger charge is 2.10. The normalized spacial score (nSPS) is 12.1. The summed E-state index contributed by atoms with van der Waals surface area (Å²) in [5.41, 5.74) is 0.915. The largest absolute Gasteiger partial charge is 0.466 e. The van der Waals surface area contributed by atoms with Crippen LogP contribution in [0.5, 0.6) is 0 Å². The number of H-pyrrole nitrogens is 1. The van der Waals surface area contributed by atoms with Crippen molar-refractivity contribution in [2.75, 3.05) is 6.61 Å². The molecule has 1 aromatic rings. The Kier molecular flexibility index (Phi) is 4.76. The number of hydrogen-bond donors (Lipinski definition) is 1. The molecule has 0 aliphatic heterocycles. The Labute approximate surface area is 94.6 Å². The van der Waals surface area contributed by atoms with Crippen LogP contribution in [0, 0.1) is 5.92 Å². The summed E-state index contributed by atoms with van der Waals surface area (Å²) in [5.74, 6) is 0.0457. The molecule has 1 heterocycles. The predicted molar refractivity (Wildman–Crippen MR) is 61.2 cm³/mol. The maximum atomic E-state index is 11.2. The molecule has 0 aliphatic rings. The molecule has 0 fully saturated rings. The van der Waals surface area contributed by atoms with E-state index >= 15 is 0 Å². The van der Waals surface area contributed by atoms with E-state index in [1.54, 1.807) is 19.2 Å². The number of pyridine rings is 1. The molecule has 1 atom stereocenters. The summed E-state index contributed by atoms with van der Waals surface area (Å²) in [7, 11) is 0. The van der Waals surface area contributed by atoms with Gasteiger partial charge in [-0.15, -0.1) is 0 Å². The molecule has 0 saturated heterocycles. The lowest BCUT2D eigenvalue weighted by atomic mass is 9.99. The number of aromatic nitrogens is 1. The minimum Gasteiger partial charge on any atom is -0.466 e. The molecule has 1 unspecified atom stereocenters. The number of esters is 1. The average molecular weight is 223 g/mol. The van der Waals surface area contributed by atoms with Gasteiger partial charge in [0.1, 0.15) is 0 Å². The quantitative estimate of drug-likeness (QED) is 0.770. The number of carbonyl (C=O) groups excluding carboxylic acids is 1. The lowest BCUT2D eigenvalue weighted by Crippen LogP contribution is -2.12. The molecule has 1 rings (SSSR count). The van der Waals surface area contributed by atoms with Gasteiger partial charge in [0.05, 0.1) is 6.61 Å². The molecular weight excluding hydrogens is 206 g/mol. The van der Waals surface area contributed by atoms with Gasteiger partial charge in [0.2, 0.25) is 5.56 Å². The van der Waals surface area contributed by atoms with E-state index in [0.717, 1.165) is 12.0 Å². The van der Waals surface area contributed by atoms with E-state index in [1.165, 1.54) is 6.07 Å². The molecule has 4 nitrogen and oxygen atoms in total. The third-order valence-corrected chi connectivity index (χ3v) is 2.25. The first kappa shape index (κ1) is 12.5. The molecule has 0 aromatic carbocycles. The fourth-order valence-corrected chi connectivity index (χ4v) is 1.55. The van der Waals surface area contributed by atoms with Gasteiger partial charge in [0.25, 0.3) is 0 Å². The van der Waals surface area contributed by atoms with Crippen LogP contribution in [0.15, 0.2) is 23.1 Å². The minimum atomic E-state index is -0.167. The highest BCUT2D eigenvalue weighted by atomic mass is 16.5. The smallest absolute Gasteiger partial charge is 0.306 e. The molecule has 0 saturated carbocycles. The van der Waals surface area contributed by atoms with Crippen molar-refractivity contribution in [3.8, 4) is 0 Å². The summed E-state index contributed by atoms with van der Waals surface area (Å²) in [6.45, 7) is 4.21. The minimum absolute atomic E-state index is 0.109. The van der Waals surface area contributed by atoms with Gasteiger partial charge >= 0.3 is 5.97 Å². The van der Waals surface area contributed by atoms with Gasteiger partial charge in [0.15, 0.2) is 0 Å². The zero-order valence-corrected chi connectivity index (χ0v) is 9.66. The summed E-state index contributed by atoms with van der Waals surface area (Å²) in [4.78, 5) is 24.7. The molecule has 4 heteroatoms. The summed E-state index contributed by atoms with van der Waals surface area (Å²) in [5, 5.41) is 0. The van der Waals surface area contributed by atoms with Gasteiger partial charge in [-0.05, 0) is 24.8 Å². The summed E-state index contributed by atoms with van der Waals surface area (Å²) < 4.78 is 4.87. The maximum Gasteiger partial charge on any atom is 0.306 e. The molecule has 16 heavy (non-hydrogen) atoms.